The van der Waals surface area contributed by atoms with Gasteiger partial charge in [-0.3, -0.25) is 4.79 Å². The van der Waals surface area contributed by atoms with Gasteiger partial charge in [0.1, 0.15) is 0 Å². The first-order chi connectivity index (χ1) is 8.45. The summed E-state index contributed by atoms with van der Waals surface area (Å²) in [5.41, 5.74) is 0.948. The molecule has 3 nitrogen and oxygen atoms in total. The number of carbonyl (C=O) groups excluding carboxylic acids is 1. The third-order valence-electron chi connectivity index (χ3n) is 2.66. The molecule has 18 heavy (non-hydrogen) atoms. The van der Waals surface area contributed by atoms with E-state index < -0.39 is 0 Å². The molecule has 0 bridgehead atoms. The van der Waals surface area contributed by atoms with Crippen molar-refractivity contribution in [2.45, 2.75) is 13.5 Å². The molecule has 5 heteroatoms. The number of benzene rings is 1. The van der Waals surface area contributed by atoms with Crippen LogP contribution in [0.2, 0.25) is 10.0 Å². The maximum absolute atomic E-state index is 11.3. The summed E-state index contributed by atoms with van der Waals surface area (Å²) in [4.78, 5) is 13.3. The minimum atomic E-state index is -0.209. The number of ether oxygens (including phenoxy) is 1. The van der Waals surface area contributed by atoms with Crippen LogP contribution in [0.5, 0.6) is 0 Å². The van der Waals surface area contributed by atoms with Gasteiger partial charge in [-0.05, 0) is 18.7 Å². The molecule has 100 valence electrons. The zero-order chi connectivity index (χ0) is 13.7. The lowest BCUT2D eigenvalue weighted by molar-refractivity contribution is -0.145. The van der Waals surface area contributed by atoms with Gasteiger partial charge in [0.05, 0.1) is 23.1 Å². The molecule has 1 aromatic rings. The van der Waals surface area contributed by atoms with Crippen molar-refractivity contribution in [3.63, 3.8) is 0 Å². The van der Waals surface area contributed by atoms with Crippen LogP contribution in [-0.2, 0) is 16.1 Å². The van der Waals surface area contributed by atoms with Gasteiger partial charge < -0.3 is 9.64 Å². The number of esters is 1. The Morgan fingerprint density at radius 1 is 1.44 bits per heavy atom. The molecule has 0 saturated heterocycles. The van der Waals surface area contributed by atoms with Crippen molar-refractivity contribution in [2.75, 3.05) is 20.7 Å². The summed E-state index contributed by atoms with van der Waals surface area (Å²) in [6.45, 7) is 3.08. The zero-order valence-electron chi connectivity index (χ0n) is 10.7. The Morgan fingerprint density at radius 2 is 2.11 bits per heavy atom. The monoisotopic (exact) mass is 289 g/mol. The largest absolute Gasteiger partial charge is 0.469 e. The fourth-order valence-corrected chi connectivity index (χ4v) is 2.15. The predicted octanol–water partition coefficient (Wildman–Crippen LogP) is 3.23. The normalized spacial score (nSPS) is 12.6. The molecule has 1 unspecified atom stereocenters. The highest BCUT2D eigenvalue weighted by Crippen LogP contribution is 2.26. The number of nitrogens with zero attached hydrogens (tertiary/aromatic N) is 1. The van der Waals surface area contributed by atoms with E-state index in [4.69, 9.17) is 27.9 Å². The summed E-state index contributed by atoms with van der Waals surface area (Å²) in [6, 6.07) is 5.54. The lowest BCUT2D eigenvalue weighted by Crippen LogP contribution is -2.29. The summed E-state index contributed by atoms with van der Waals surface area (Å²) in [6.07, 6.45) is 0. The Bertz CT molecular complexity index is 423. The van der Waals surface area contributed by atoms with Crippen molar-refractivity contribution in [1.82, 2.24) is 4.90 Å². The molecule has 0 saturated carbocycles. The molecule has 0 N–H and O–H groups in total. The molecule has 0 aliphatic heterocycles. The number of carbonyl (C=O) groups is 1. The van der Waals surface area contributed by atoms with Crippen LogP contribution in [0.4, 0.5) is 0 Å². The van der Waals surface area contributed by atoms with Gasteiger partial charge >= 0.3 is 5.97 Å². The fraction of sp³-hybridized carbons (Fsp3) is 0.462. The summed E-state index contributed by atoms with van der Waals surface area (Å²) >= 11 is 12.1. The molecule has 0 aromatic heterocycles. The average Bonchev–Trinajstić information content (AvgIpc) is 2.33. The van der Waals surface area contributed by atoms with E-state index in [9.17, 15) is 4.79 Å². The lowest BCUT2D eigenvalue weighted by atomic mass is 10.1. The molecule has 0 aliphatic rings. The van der Waals surface area contributed by atoms with Crippen molar-refractivity contribution in [1.29, 1.82) is 0 Å². The van der Waals surface area contributed by atoms with Crippen LogP contribution in [0.1, 0.15) is 12.5 Å². The molecule has 0 spiro atoms. The maximum Gasteiger partial charge on any atom is 0.309 e. The Morgan fingerprint density at radius 3 is 2.72 bits per heavy atom. The highest BCUT2D eigenvalue weighted by atomic mass is 35.5. The van der Waals surface area contributed by atoms with E-state index in [1.54, 1.807) is 6.07 Å². The van der Waals surface area contributed by atoms with Gasteiger partial charge in [-0.25, -0.2) is 0 Å². The second kappa shape index (κ2) is 6.98. The molecule has 0 heterocycles. The second-order valence-electron chi connectivity index (χ2n) is 4.33. The van der Waals surface area contributed by atoms with Gasteiger partial charge in [-0.15, -0.1) is 0 Å². The van der Waals surface area contributed by atoms with Crippen molar-refractivity contribution in [3.8, 4) is 0 Å². The van der Waals surface area contributed by atoms with E-state index in [1.165, 1.54) is 7.11 Å². The standard InChI is InChI=1S/C13H17Cl2NO2/c1-9(13(17)18-3)7-16(2)8-10-5-4-6-11(14)12(10)15/h4-6,9H,7-8H2,1-3H3. The van der Waals surface area contributed by atoms with Gasteiger partial charge in [0.25, 0.3) is 0 Å². The first-order valence-corrected chi connectivity index (χ1v) is 6.40. The first-order valence-electron chi connectivity index (χ1n) is 5.65. The number of hydrogen-bond donors (Lipinski definition) is 0. The van der Waals surface area contributed by atoms with E-state index in [-0.39, 0.29) is 11.9 Å². The van der Waals surface area contributed by atoms with Crippen molar-refractivity contribution in [2.24, 2.45) is 5.92 Å². The van der Waals surface area contributed by atoms with Crippen molar-refractivity contribution < 1.29 is 9.53 Å². The molecule has 1 atom stereocenters. The Balaban J connectivity index is 2.62. The minimum absolute atomic E-state index is 0.169. The number of halogens is 2. The average molecular weight is 290 g/mol. The number of hydrogen-bond acceptors (Lipinski definition) is 3. The van der Waals surface area contributed by atoms with Crippen LogP contribution in [0, 0.1) is 5.92 Å². The SMILES string of the molecule is COC(=O)C(C)CN(C)Cc1cccc(Cl)c1Cl. The van der Waals surface area contributed by atoms with Gasteiger partial charge in [-0.1, -0.05) is 42.3 Å². The van der Waals surface area contributed by atoms with E-state index >= 15 is 0 Å². The first kappa shape index (κ1) is 15.3. The minimum Gasteiger partial charge on any atom is -0.469 e. The van der Waals surface area contributed by atoms with Crippen molar-refractivity contribution >= 4 is 29.2 Å². The molecule has 0 radical (unpaired) electrons. The Kier molecular flexibility index (Phi) is 5.93. The molecule has 0 aliphatic carbocycles. The van der Waals surface area contributed by atoms with Gasteiger partial charge in [0.2, 0.25) is 0 Å². The Labute approximate surface area is 118 Å². The molecule has 0 fully saturated rings. The van der Waals surface area contributed by atoms with Gasteiger partial charge in [0.15, 0.2) is 0 Å². The van der Waals surface area contributed by atoms with Crippen LogP contribution in [0.15, 0.2) is 18.2 Å². The van der Waals surface area contributed by atoms with Crippen LogP contribution in [-0.4, -0.2) is 31.6 Å². The van der Waals surface area contributed by atoms with E-state index in [0.717, 1.165) is 5.56 Å². The summed E-state index contributed by atoms with van der Waals surface area (Å²) in [5.74, 6) is -0.378. The summed E-state index contributed by atoms with van der Waals surface area (Å²) in [7, 11) is 3.32. The smallest absolute Gasteiger partial charge is 0.309 e. The number of methoxy groups -OCH3 is 1. The zero-order valence-corrected chi connectivity index (χ0v) is 12.3. The highest BCUT2D eigenvalue weighted by Gasteiger charge is 2.16. The molecule has 0 amide bonds. The van der Waals surface area contributed by atoms with Gasteiger partial charge in [-0.2, -0.15) is 0 Å². The van der Waals surface area contributed by atoms with E-state index in [0.29, 0.717) is 23.1 Å². The second-order valence-corrected chi connectivity index (χ2v) is 5.12. The van der Waals surface area contributed by atoms with Gasteiger partial charge in [0, 0.05) is 13.1 Å². The molecular formula is C13H17Cl2NO2. The molecule has 1 rings (SSSR count). The summed E-state index contributed by atoms with van der Waals surface area (Å²) < 4.78 is 4.69. The topological polar surface area (TPSA) is 29.5 Å². The summed E-state index contributed by atoms with van der Waals surface area (Å²) in [5, 5.41) is 1.11. The predicted molar refractivity (Wildman–Crippen MR) is 74.0 cm³/mol. The van der Waals surface area contributed by atoms with Crippen LogP contribution >= 0.6 is 23.2 Å². The van der Waals surface area contributed by atoms with Crippen LogP contribution in [0.3, 0.4) is 0 Å². The third-order valence-corrected chi connectivity index (χ3v) is 3.52. The highest BCUT2D eigenvalue weighted by molar-refractivity contribution is 6.42. The van der Waals surface area contributed by atoms with Crippen LogP contribution in [0.25, 0.3) is 0 Å². The lowest BCUT2D eigenvalue weighted by Gasteiger charge is -2.20. The van der Waals surface area contributed by atoms with E-state index in [1.807, 2.05) is 31.0 Å². The maximum atomic E-state index is 11.3. The fourth-order valence-electron chi connectivity index (χ4n) is 1.77. The van der Waals surface area contributed by atoms with E-state index in [2.05, 4.69) is 0 Å². The quantitative estimate of drug-likeness (QED) is 0.780. The van der Waals surface area contributed by atoms with Crippen LogP contribution < -0.4 is 0 Å². The number of rotatable bonds is 5. The Hall–Kier alpha value is -0.770. The van der Waals surface area contributed by atoms with Crippen molar-refractivity contribution in [3.05, 3.63) is 33.8 Å². The molecular weight excluding hydrogens is 273 g/mol. The third kappa shape index (κ3) is 4.16. The molecule has 1 aromatic carbocycles.